The quantitative estimate of drug-likeness (QED) is 0.665. The SMILES string of the molecule is O=C(NCCc1ccc(C(F)(F)F)cc1)c1ccc([N+](=O)[O-])s1. The topological polar surface area (TPSA) is 72.2 Å². The summed E-state index contributed by atoms with van der Waals surface area (Å²) in [6.07, 6.45) is -4.02. The monoisotopic (exact) mass is 344 g/mol. The van der Waals surface area contributed by atoms with Crippen LogP contribution in [0.15, 0.2) is 36.4 Å². The van der Waals surface area contributed by atoms with Gasteiger partial charge in [0, 0.05) is 12.6 Å². The van der Waals surface area contributed by atoms with Crippen LogP contribution in [0.1, 0.15) is 20.8 Å². The van der Waals surface area contributed by atoms with Gasteiger partial charge in [-0.15, -0.1) is 0 Å². The van der Waals surface area contributed by atoms with Gasteiger partial charge in [-0.2, -0.15) is 13.2 Å². The van der Waals surface area contributed by atoms with Gasteiger partial charge in [-0.1, -0.05) is 23.5 Å². The van der Waals surface area contributed by atoms with E-state index in [0.717, 1.165) is 23.5 Å². The molecule has 0 aliphatic heterocycles. The van der Waals surface area contributed by atoms with E-state index in [1.807, 2.05) is 0 Å². The van der Waals surface area contributed by atoms with Crippen molar-refractivity contribution in [2.24, 2.45) is 0 Å². The van der Waals surface area contributed by atoms with E-state index in [9.17, 15) is 28.1 Å². The average Bonchev–Trinajstić information content (AvgIpc) is 2.97. The first-order valence-corrected chi connectivity index (χ1v) is 7.27. The fourth-order valence-corrected chi connectivity index (χ4v) is 2.55. The molecule has 0 fully saturated rings. The molecule has 0 aliphatic rings. The molecule has 1 N–H and O–H groups in total. The number of rotatable bonds is 5. The number of nitrogens with zero attached hydrogens (tertiary/aromatic N) is 1. The van der Waals surface area contributed by atoms with Crippen molar-refractivity contribution < 1.29 is 22.9 Å². The molecule has 2 rings (SSSR count). The summed E-state index contributed by atoms with van der Waals surface area (Å²) in [6, 6.07) is 7.28. The molecule has 9 heteroatoms. The smallest absolute Gasteiger partial charge is 0.351 e. The maximum Gasteiger partial charge on any atom is 0.416 e. The summed E-state index contributed by atoms with van der Waals surface area (Å²) in [6.45, 7) is 0.218. The number of halogens is 3. The van der Waals surface area contributed by atoms with E-state index in [1.165, 1.54) is 24.3 Å². The van der Waals surface area contributed by atoms with Gasteiger partial charge in [0.1, 0.15) is 0 Å². The second-order valence-electron chi connectivity index (χ2n) is 4.60. The number of alkyl halides is 3. The van der Waals surface area contributed by atoms with Crippen molar-refractivity contribution in [3.05, 3.63) is 62.5 Å². The number of benzene rings is 1. The number of nitro groups is 1. The number of carbonyl (C=O) groups excluding carboxylic acids is 1. The van der Waals surface area contributed by atoms with Gasteiger partial charge in [-0.25, -0.2) is 0 Å². The van der Waals surface area contributed by atoms with Crippen molar-refractivity contribution in [3.8, 4) is 0 Å². The zero-order chi connectivity index (χ0) is 17.0. The Kier molecular flexibility index (Phi) is 4.99. The molecule has 0 saturated carbocycles. The van der Waals surface area contributed by atoms with Gasteiger partial charge in [-0.3, -0.25) is 14.9 Å². The molecule has 1 aromatic carbocycles. The zero-order valence-electron chi connectivity index (χ0n) is 11.6. The van der Waals surface area contributed by atoms with Crippen molar-refractivity contribution >= 4 is 22.2 Å². The third kappa shape index (κ3) is 4.52. The summed E-state index contributed by atoms with van der Waals surface area (Å²) in [5, 5.41) is 13.0. The molecule has 0 spiro atoms. The minimum Gasteiger partial charge on any atom is -0.351 e. The lowest BCUT2D eigenvalue weighted by molar-refractivity contribution is -0.380. The van der Waals surface area contributed by atoms with Crippen LogP contribution in [0.2, 0.25) is 0 Å². The molecule has 0 unspecified atom stereocenters. The van der Waals surface area contributed by atoms with Gasteiger partial charge in [0.05, 0.1) is 15.4 Å². The fourth-order valence-electron chi connectivity index (χ4n) is 1.82. The molecule has 1 heterocycles. The fraction of sp³-hybridized carbons (Fsp3) is 0.214. The first-order valence-electron chi connectivity index (χ1n) is 6.46. The van der Waals surface area contributed by atoms with Gasteiger partial charge < -0.3 is 5.32 Å². The van der Waals surface area contributed by atoms with Crippen LogP contribution < -0.4 is 5.32 Å². The third-order valence-corrected chi connectivity index (χ3v) is 4.01. The van der Waals surface area contributed by atoms with Crippen molar-refractivity contribution in [3.63, 3.8) is 0 Å². The van der Waals surface area contributed by atoms with E-state index < -0.39 is 22.6 Å². The molecule has 1 aromatic heterocycles. The number of thiophene rings is 1. The number of carbonyl (C=O) groups is 1. The van der Waals surface area contributed by atoms with Crippen LogP contribution in [0.4, 0.5) is 18.2 Å². The van der Waals surface area contributed by atoms with Crippen LogP contribution in [-0.4, -0.2) is 17.4 Å². The number of hydrogen-bond acceptors (Lipinski definition) is 4. The molecule has 0 atom stereocenters. The first-order chi connectivity index (χ1) is 10.8. The number of hydrogen-bond donors (Lipinski definition) is 1. The van der Waals surface area contributed by atoms with E-state index in [1.54, 1.807) is 0 Å². The van der Waals surface area contributed by atoms with Gasteiger partial charge in [0.2, 0.25) is 0 Å². The molecule has 0 saturated heterocycles. The maximum absolute atomic E-state index is 12.4. The highest BCUT2D eigenvalue weighted by Crippen LogP contribution is 2.29. The molecule has 1 amide bonds. The normalized spacial score (nSPS) is 11.3. The standard InChI is InChI=1S/C14H11F3N2O3S/c15-14(16,17)10-3-1-9(2-4-10)7-8-18-13(20)11-5-6-12(23-11)19(21)22/h1-6H,7-8H2,(H,18,20). The van der Waals surface area contributed by atoms with E-state index in [-0.39, 0.29) is 16.4 Å². The van der Waals surface area contributed by atoms with Crippen molar-refractivity contribution in [1.29, 1.82) is 0 Å². The van der Waals surface area contributed by atoms with Crippen molar-refractivity contribution in [2.75, 3.05) is 6.54 Å². The Hall–Kier alpha value is -2.42. The van der Waals surface area contributed by atoms with Crippen LogP contribution in [0.25, 0.3) is 0 Å². The minimum absolute atomic E-state index is 0.127. The third-order valence-electron chi connectivity index (χ3n) is 2.98. The highest BCUT2D eigenvalue weighted by molar-refractivity contribution is 7.17. The van der Waals surface area contributed by atoms with Gasteiger partial charge in [-0.05, 0) is 30.2 Å². The zero-order valence-corrected chi connectivity index (χ0v) is 12.4. The summed E-state index contributed by atoms with van der Waals surface area (Å²) in [4.78, 5) is 22.0. The van der Waals surface area contributed by atoms with Crippen LogP contribution in [-0.2, 0) is 12.6 Å². The van der Waals surface area contributed by atoms with Crippen LogP contribution in [0.5, 0.6) is 0 Å². The number of amides is 1. The minimum atomic E-state index is -4.37. The lowest BCUT2D eigenvalue weighted by Gasteiger charge is -2.08. The highest BCUT2D eigenvalue weighted by Gasteiger charge is 2.29. The molecule has 0 bridgehead atoms. The Labute approximate surface area is 132 Å². The predicted octanol–water partition coefficient (Wildman–Crippen LogP) is 3.65. The largest absolute Gasteiger partial charge is 0.416 e. The molecule has 122 valence electrons. The van der Waals surface area contributed by atoms with Crippen LogP contribution in [0.3, 0.4) is 0 Å². The summed E-state index contributed by atoms with van der Waals surface area (Å²) in [7, 11) is 0. The molecule has 0 radical (unpaired) electrons. The Morgan fingerprint density at radius 2 is 1.83 bits per heavy atom. The number of nitrogens with one attached hydrogen (secondary N) is 1. The second-order valence-corrected chi connectivity index (χ2v) is 5.66. The molecule has 23 heavy (non-hydrogen) atoms. The van der Waals surface area contributed by atoms with E-state index in [2.05, 4.69) is 5.32 Å². The van der Waals surface area contributed by atoms with E-state index >= 15 is 0 Å². The molecule has 2 aromatic rings. The Morgan fingerprint density at radius 3 is 2.35 bits per heavy atom. The molecule has 0 aliphatic carbocycles. The average molecular weight is 344 g/mol. The van der Waals surface area contributed by atoms with E-state index in [0.29, 0.717) is 12.0 Å². The van der Waals surface area contributed by atoms with Crippen molar-refractivity contribution in [1.82, 2.24) is 5.32 Å². The van der Waals surface area contributed by atoms with Gasteiger partial charge >= 0.3 is 11.2 Å². The summed E-state index contributed by atoms with van der Waals surface area (Å²) < 4.78 is 37.3. The summed E-state index contributed by atoms with van der Waals surface area (Å²) in [5.41, 5.74) is -0.0772. The lowest BCUT2D eigenvalue weighted by atomic mass is 10.1. The van der Waals surface area contributed by atoms with E-state index in [4.69, 9.17) is 0 Å². The van der Waals surface area contributed by atoms with Crippen LogP contribution in [0, 0.1) is 10.1 Å². The van der Waals surface area contributed by atoms with Crippen molar-refractivity contribution in [2.45, 2.75) is 12.6 Å². The Morgan fingerprint density at radius 1 is 1.17 bits per heavy atom. The summed E-state index contributed by atoms with van der Waals surface area (Å²) in [5.74, 6) is -0.449. The van der Waals surface area contributed by atoms with Gasteiger partial charge in [0.25, 0.3) is 5.91 Å². The Balaban J connectivity index is 1.86. The first kappa shape index (κ1) is 16.9. The maximum atomic E-state index is 12.4. The molecular weight excluding hydrogens is 333 g/mol. The lowest BCUT2D eigenvalue weighted by Crippen LogP contribution is -2.24. The predicted molar refractivity (Wildman–Crippen MR) is 78.5 cm³/mol. The van der Waals surface area contributed by atoms with Gasteiger partial charge in [0.15, 0.2) is 0 Å². The summed E-state index contributed by atoms with van der Waals surface area (Å²) >= 11 is 0.764. The highest BCUT2D eigenvalue weighted by atomic mass is 32.1. The second kappa shape index (κ2) is 6.78. The Bertz CT molecular complexity index is 711. The van der Waals surface area contributed by atoms with Crippen LogP contribution >= 0.6 is 11.3 Å². The molecule has 5 nitrogen and oxygen atoms in total. The molecular formula is C14H11F3N2O3S.